The average Bonchev–Trinajstić information content (AvgIpc) is 3.43. The van der Waals surface area contributed by atoms with Gasteiger partial charge in [-0.3, -0.25) is 4.79 Å². The third kappa shape index (κ3) is 3.74. The molecular formula is C25H19N5O4. The van der Waals surface area contributed by atoms with Gasteiger partial charge in [-0.25, -0.2) is 4.98 Å². The molecule has 0 saturated heterocycles. The van der Waals surface area contributed by atoms with Gasteiger partial charge in [0.15, 0.2) is 0 Å². The van der Waals surface area contributed by atoms with E-state index in [0.717, 1.165) is 16.5 Å². The predicted octanol–water partition coefficient (Wildman–Crippen LogP) is 3.56. The first kappa shape index (κ1) is 21.2. The third-order valence-corrected chi connectivity index (χ3v) is 5.44. The minimum atomic E-state index is -2.15. The zero-order chi connectivity index (χ0) is 23.5. The van der Waals surface area contributed by atoms with Crippen molar-refractivity contribution in [2.75, 3.05) is 12.4 Å². The standard InChI is InChI=1S/C25H19N5O4/c1-33-17-7-4-6-16(14-17)25(32,22-12-13-34-30-22)24(31)28-23-11-5-10-20(27-23)19-15-26-29-21-9-3-2-8-18(19)21/h2-15,32H,1H3,(H,27,28,31)/t25-/m0/s1. The van der Waals surface area contributed by atoms with Crippen LogP contribution in [0.4, 0.5) is 5.82 Å². The summed E-state index contributed by atoms with van der Waals surface area (Å²) in [6.07, 6.45) is 2.91. The first-order valence-electron chi connectivity index (χ1n) is 10.4. The van der Waals surface area contributed by atoms with E-state index in [9.17, 15) is 9.90 Å². The Morgan fingerprint density at radius 1 is 1.06 bits per heavy atom. The number of nitrogens with one attached hydrogen (secondary N) is 1. The van der Waals surface area contributed by atoms with E-state index >= 15 is 0 Å². The van der Waals surface area contributed by atoms with Gasteiger partial charge in [-0.05, 0) is 30.3 Å². The van der Waals surface area contributed by atoms with Crippen LogP contribution in [0.2, 0.25) is 0 Å². The van der Waals surface area contributed by atoms with E-state index in [1.807, 2.05) is 30.3 Å². The molecule has 34 heavy (non-hydrogen) atoms. The first-order valence-corrected chi connectivity index (χ1v) is 10.4. The van der Waals surface area contributed by atoms with Gasteiger partial charge in [0, 0.05) is 22.6 Å². The highest BCUT2D eigenvalue weighted by Gasteiger charge is 2.43. The van der Waals surface area contributed by atoms with Gasteiger partial charge in [0.1, 0.15) is 23.5 Å². The number of hydrogen-bond acceptors (Lipinski definition) is 8. The van der Waals surface area contributed by atoms with Gasteiger partial charge in [0.25, 0.3) is 5.91 Å². The minimum Gasteiger partial charge on any atom is -0.497 e. The Balaban J connectivity index is 1.53. The van der Waals surface area contributed by atoms with Crippen LogP contribution in [0.15, 0.2) is 89.8 Å². The number of rotatable bonds is 6. The highest BCUT2D eigenvalue weighted by atomic mass is 16.5. The molecule has 3 aromatic heterocycles. The number of aromatic nitrogens is 4. The molecule has 0 aliphatic heterocycles. The molecule has 5 aromatic rings. The summed E-state index contributed by atoms with van der Waals surface area (Å²) in [5.41, 5.74) is 0.230. The number of amides is 1. The number of fused-ring (bicyclic) bond motifs is 1. The minimum absolute atomic E-state index is 0.0266. The summed E-state index contributed by atoms with van der Waals surface area (Å²) in [6.45, 7) is 0. The number of nitrogens with zero attached hydrogens (tertiary/aromatic N) is 4. The number of pyridine rings is 1. The maximum Gasteiger partial charge on any atom is 0.268 e. The molecule has 2 N–H and O–H groups in total. The lowest BCUT2D eigenvalue weighted by Crippen LogP contribution is -2.42. The second-order valence-corrected chi connectivity index (χ2v) is 7.46. The van der Waals surface area contributed by atoms with Crippen LogP contribution >= 0.6 is 0 Å². The second kappa shape index (κ2) is 8.72. The highest BCUT2D eigenvalue weighted by Crippen LogP contribution is 2.32. The van der Waals surface area contributed by atoms with Crippen LogP contribution in [-0.4, -0.2) is 38.5 Å². The van der Waals surface area contributed by atoms with Crippen molar-refractivity contribution in [3.8, 4) is 17.0 Å². The van der Waals surface area contributed by atoms with Crippen LogP contribution in [0.25, 0.3) is 22.2 Å². The van der Waals surface area contributed by atoms with Gasteiger partial charge in [0.05, 0.1) is 24.5 Å². The molecule has 2 aromatic carbocycles. The van der Waals surface area contributed by atoms with E-state index in [1.165, 1.54) is 19.4 Å². The molecule has 1 amide bonds. The van der Waals surface area contributed by atoms with Crippen LogP contribution in [-0.2, 0) is 10.4 Å². The lowest BCUT2D eigenvalue weighted by Gasteiger charge is -2.25. The SMILES string of the molecule is COc1cccc([C@@](O)(C(=O)Nc2cccc(-c3cnnc4ccccc34)n2)c2ccon2)c1. The molecule has 0 fully saturated rings. The lowest BCUT2D eigenvalue weighted by atomic mass is 9.89. The molecular weight excluding hydrogens is 434 g/mol. The van der Waals surface area contributed by atoms with Crippen molar-refractivity contribution in [1.29, 1.82) is 0 Å². The van der Waals surface area contributed by atoms with E-state index < -0.39 is 11.5 Å². The fourth-order valence-corrected chi connectivity index (χ4v) is 3.71. The van der Waals surface area contributed by atoms with E-state index in [2.05, 4.69) is 25.7 Å². The summed E-state index contributed by atoms with van der Waals surface area (Å²) in [6, 6.07) is 20.8. The van der Waals surface area contributed by atoms with Crippen LogP contribution < -0.4 is 10.1 Å². The third-order valence-electron chi connectivity index (χ3n) is 5.44. The van der Waals surface area contributed by atoms with Crippen molar-refractivity contribution in [1.82, 2.24) is 20.3 Å². The van der Waals surface area contributed by atoms with Crippen LogP contribution in [0.3, 0.4) is 0 Å². The number of carbonyl (C=O) groups excluding carboxylic acids is 1. The summed E-state index contributed by atoms with van der Waals surface area (Å²) in [7, 11) is 1.50. The number of carbonyl (C=O) groups is 1. The Morgan fingerprint density at radius 2 is 1.91 bits per heavy atom. The normalized spacial score (nSPS) is 12.8. The average molecular weight is 453 g/mol. The molecule has 0 aliphatic rings. The summed E-state index contributed by atoms with van der Waals surface area (Å²) in [5.74, 6) is -0.0327. The van der Waals surface area contributed by atoms with Crippen LogP contribution in [0.1, 0.15) is 11.3 Å². The van der Waals surface area contributed by atoms with Gasteiger partial charge >= 0.3 is 0 Å². The molecule has 0 spiro atoms. The second-order valence-electron chi connectivity index (χ2n) is 7.46. The molecule has 0 radical (unpaired) electrons. The van der Waals surface area contributed by atoms with Crippen molar-refractivity contribution in [2.45, 2.75) is 5.60 Å². The molecule has 168 valence electrons. The molecule has 9 heteroatoms. The monoisotopic (exact) mass is 453 g/mol. The van der Waals surface area contributed by atoms with Crippen LogP contribution in [0.5, 0.6) is 5.75 Å². The fourth-order valence-electron chi connectivity index (χ4n) is 3.71. The Bertz CT molecular complexity index is 1470. The van der Waals surface area contributed by atoms with Crippen molar-refractivity contribution in [3.63, 3.8) is 0 Å². The largest absolute Gasteiger partial charge is 0.497 e. The number of benzene rings is 2. The van der Waals surface area contributed by atoms with Crippen molar-refractivity contribution >= 4 is 22.6 Å². The summed E-state index contributed by atoms with van der Waals surface area (Å²) in [4.78, 5) is 18.0. The zero-order valence-corrected chi connectivity index (χ0v) is 18.0. The van der Waals surface area contributed by atoms with Gasteiger partial charge < -0.3 is 19.7 Å². The molecule has 0 saturated carbocycles. The summed E-state index contributed by atoms with van der Waals surface area (Å²) >= 11 is 0. The lowest BCUT2D eigenvalue weighted by molar-refractivity contribution is -0.131. The predicted molar refractivity (Wildman–Crippen MR) is 124 cm³/mol. The molecule has 0 aliphatic carbocycles. The topological polar surface area (TPSA) is 123 Å². The van der Waals surface area contributed by atoms with E-state index in [1.54, 1.807) is 42.6 Å². The Labute approximate surface area is 194 Å². The molecule has 3 heterocycles. The maximum atomic E-state index is 13.4. The quantitative estimate of drug-likeness (QED) is 0.400. The zero-order valence-electron chi connectivity index (χ0n) is 18.0. The van der Waals surface area contributed by atoms with E-state index in [0.29, 0.717) is 11.4 Å². The fraction of sp³-hybridized carbons (Fsp3) is 0.0800. The number of anilines is 1. The molecule has 5 rings (SSSR count). The first-order chi connectivity index (χ1) is 16.6. The van der Waals surface area contributed by atoms with Crippen LogP contribution in [0, 0.1) is 0 Å². The van der Waals surface area contributed by atoms with Gasteiger partial charge in [-0.2, -0.15) is 10.2 Å². The van der Waals surface area contributed by atoms with Crippen molar-refractivity contribution < 1.29 is 19.2 Å². The molecule has 1 atom stereocenters. The maximum absolute atomic E-state index is 13.4. The number of aliphatic hydroxyl groups is 1. The Morgan fingerprint density at radius 3 is 2.74 bits per heavy atom. The Kier molecular flexibility index (Phi) is 5.44. The summed E-state index contributed by atoms with van der Waals surface area (Å²) in [5, 5.41) is 27.2. The highest BCUT2D eigenvalue weighted by molar-refractivity contribution is 6.00. The molecule has 9 nitrogen and oxygen atoms in total. The Hall–Kier alpha value is -4.63. The van der Waals surface area contributed by atoms with E-state index in [4.69, 9.17) is 9.26 Å². The summed E-state index contributed by atoms with van der Waals surface area (Å²) < 4.78 is 10.2. The van der Waals surface area contributed by atoms with Gasteiger partial charge in [0.2, 0.25) is 5.60 Å². The van der Waals surface area contributed by atoms with Crippen molar-refractivity contribution in [3.05, 3.63) is 96.5 Å². The molecule has 0 bridgehead atoms. The number of ether oxygens (including phenoxy) is 1. The van der Waals surface area contributed by atoms with Gasteiger partial charge in [-0.15, -0.1) is 0 Å². The molecule has 0 unspecified atom stereocenters. The number of methoxy groups -OCH3 is 1. The smallest absolute Gasteiger partial charge is 0.268 e. The van der Waals surface area contributed by atoms with Crippen molar-refractivity contribution in [2.24, 2.45) is 0 Å². The van der Waals surface area contributed by atoms with E-state index in [-0.39, 0.29) is 17.1 Å². The number of hydrogen-bond donors (Lipinski definition) is 2. The van der Waals surface area contributed by atoms with Gasteiger partial charge in [-0.1, -0.05) is 41.6 Å².